The Labute approximate surface area is 113 Å². The van der Waals surface area contributed by atoms with Crippen LogP contribution in [-0.2, 0) is 6.42 Å². The van der Waals surface area contributed by atoms with Crippen LogP contribution in [0.4, 0.5) is 0 Å². The predicted molar refractivity (Wildman–Crippen MR) is 78.9 cm³/mol. The maximum atomic E-state index is 5.95. The Hall–Kier alpha value is -1.53. The van der Waals surface area contributed by atoms with E-state index in [1.165, 1.54) is 27.8 Å². The maximum Gasteiger partial charge on any atom is 0.0406 e. The number of rotatable bonds is 2. The Morgan fingerprint density at radius 2 is 1.83 bits per heavy atom. The molecular weight excluding hydrogens is 240 g/mol. The highest BCUT2D eigenvalue weighted by molar-refractivity contribution is 6.30. The van der Waals surface area contributed by atoms with Gasteiger partial charge in [-0.15, -0.1) is 0 Å². The summed E-state index contributed by atoms with van der Waals surface area (Å²) in [6, 6.07) is 14.7. The van der Waals surface area contributed by atoms with E-state index in [0.29, 0.717) is 0 Å². The molecule has 2 aromatic rings. The van der Waals surface area contributed by atoms with Gasteiger partial charge in [-0.25, -0.2) is 0 Å². The third-order valence-corrected chi connectivity index (χ3v) is 3.84. The first-order valence-corrected chi connectivity index (χ1v) is 6.73. The van der Waals surface area contributed by atoms with Gasteiger partial charge in [0, 0.05) is 5.02 Å². The van der Waals surface area contributed by atoms with Gasteiger partial charge in [0.25, 0.3) is 0 Å². The van der Waals surface area contributed by atoms with Crippen molar-refractivity contribution in [2.24, 2.45) is 0 Å². The summed E-state index contributed by atoms with van der Waals surface area (Å²) in [5.41, 5.74) is 6.94. The highest BCUT2D eigenvalue weighted by Gasteiger charge is 2.15. The summed E-state index contributed by atoms with van der Waals surface area (Å²) in [6.45, 7) is 2.22. The summed E-state index contributed by atoms with van der Waals surface area (Å²) < 4.78 is 0. The van der Waals surface area contributed by atoms with Gasteiger partial charge in [0.15, 0.2) is 0 Å². The van der Waals surface area contributed by atoms with Crippen molar-refractivity contribution >= 4 is 17.7 Å². The lowest BCUT2D eigenvalue weighted by Gasteiger charge is -2.09. The number of hydrogen-bond donors (Lipinski definition) is 0. The second-order valence-electron chi connectivity index (χ2n) is 4.71. The molecule has 0 fully saturated rings. The predicted octanol–water partition coefficient (Wildman–Crippen LogP) is 5.36. The third-order valence-electron chi connectivity index (χ3n) is 3.59. The average Bonchev–Trinajstić information content (AvgIpc) is 2.82. The van der Waals surface area contributed by atoms with Crippen molar-refractivity contribution in [3.8, 4) is 11.1 Å². The van der Waals surface area contributed by atoms with Crippen molar-refractivity contribution in [2.75, 3.05) is 0 Å². The first-order chi connectivity index (χ1) is 8.78. The van der Waals surface area contributed by atoms with Crippen LogP contribution in [0.3, 0.4) is 0 Å². The van der Waals surface area contributed by atoms with Crippen LogP contribution in [0.5, 0.6) is 0 Å². The Balaban J connectivity index is 2.07. The summed E-state index contributed by atoms with van der Waals surface area (Å²) in [4.78, 5) is 0. The standard InChI is InChI=1S/C17H15Cl/c1-2-12-10-14-4-3-5-16(17(14)11-12)13-6-8-15(18)9-7-13/h3-10H,2,11H2,1H3. The van der Waals surface area contributed by atoms with Crippen LogP contribution in [0.1, 0.15) is 24.5 Å². The van der Waals surface area contributed by atoms with Gasteiger partial charge in [-0.3, -0.25) is 0 Å². The Morgan fingerprint density at radius 3 is 2.56 bits per heavy atom. The van der Waals surface area contributed by atoms with Gasteiger partial charge in [-0.1, -0.05) is 60.5 Å². The molecule has 0 heterocycles. The lowest BCUT2D eigenvalue weighted by molar-refractivity contribution is 1.04. The van der Waals surface area contributed by atoms with Gasteiger partial charge in [0.2, 0.25) is 0 Å². The van der Waals surface area contributed by atoms with Gasteiger partial charge < -0.3 is 0 Å². The molecule has 0 atom stereocenters. The van der Waals surface area contributed by atoms with Crippen molar-refractivity contribution in [3.63, 3.8) is 0 Å². The number of hydrogen-bond acceptors (Lipinski definition) is 0. The van der Waals surface area contributed by atoms with Gasteiger partial charge >= 0.3 is 0 Å². The van der Waals surface area contributed by atoms with Crippen molar-refractivity contribution in [2.45, 2.75) is 19.8 Å². The van der Waals surface area contributed by atoms with Crippen molar-refractivity contribution < 1.29 is 0 Å². The van der Waals surface area contributed by atoms with Crippen molar-refractivity contribution in [3.05, 3.63) is 64.2 Å². The minimum atomic E-state index is 0.790. The summed E-state index contributed by atoms with van der Waals surface area (Å²) in [5, 5.41) is 0.790. The molecule has 0 bridgehead atoms. The number of fused-ring (bicyclic) bond motifs is 1. The maximum absolute atomic E-state index is 5.95. The van der Waals surface area contributed by atoms with Gasteiger partial charge in [0.05, 0.1) is 0 Å². The Kier molecular flexibility index (Phi) is 2.97. The second kappa shape index (κ2) is 4.62. The Morgan fingerprint density at radius 1 is 1.06 bits per heavy atom. The molecule has 0 aromatic heterocycles. The van der Waals surface area contributed by atoms with Crippen LogP contribution < -0.4 is 0 Å². The fourth-order valence-electron chi connectivity index (χ4n) is 2.56. The molecule has 1 aliphatic carbocycles. The zero-order valence-corrected chi connectivity index (χ0v) is 11.2. The SMILES string of the molecule is CCC1=Cc2cccc(-c3ccc(Cl)cc3)c2C1. The van der Waals surface area contributed by atoms with Crippen molar-refractivity contribution in [1.82, 2.24) is 0 Å². The average molecular weight is 255 g/mol. The molecular formula is C17H15Cl. The molecule has 0 amide bonds. The van der Waals surface area contributed by atoms with Crippen LogP contribution >= 0.6 is 11.6 Å². The smallest absolute Gasteiger partial charge is 0.0406 e. The molecule has 0 spiro atoms. The molecule has 0 unspecified atom stereocenters. The monoisotopic (exact) mass is 254 g/mol. The van der Waals surface area contributed by atoms with Crippen LogP contribution in [0.25, 0.3) is 17.2 Å². The fourth-order valence-corrected chi connectivity index (χ4v) is 2.69. The van der Waals surface area contributed by atoms with Crippen molar-refractivity contribution in [1.29, 1.82) is 0 Å². The van der Waals surface area contributed by atoms with E-state index in [1.54, 1.807) is 0 Å². The highest BCUT2D eigenvalue weighted by Crippen LogP contribution is 2.35. The summed E-state index contributed by atoms with van der Waals surface area (Å²) in [7, 11) is 0. The zero-order chi connectivity index (χ0) is 12.5. The van der Waals surface area contributed by atoms with Gasteiger partial charge in [-0.05, 0) is 47.2 Å². The molecule has 0 aliphatic heterocycles. The molecule has 0 saturated heterocycles. The van der Waals surface area contributed by atoms with E-state index in [0.717, 1.165) is 17.9 Å². The molecule has 2 aromatic carbocycles. The normalized spacial score (nSPS) is 13.3. The van der Waals surface area contributed by atoms with E-state index in [1.807, 2.05) is 12.1 Å². The molecule has 0 N–H and O–H groups in total. The number of halogens is 1. The van der Waals surface area contributed by atoms with E-state index in [-0.39, 0.29) is 0 Å². The molecule has 1 heteroatoms. The minimum absolute atomic E-state index is 0.790. The number of allylic oxidation sites excluding steroid dienone is 1. The topological polar surface area (TPSA) is 0 Å². The lowest BCUT2D eigenvalue weighted by atomic mass is 9.96. The van der Waals surface area contributed by atoms with Crippen LogP contribution in [-0.4, -0.2) is 0 Å². The van der Waals surface area contributed by atoms with E-state index < -0.39 is 0 Å². The van der Waals surface area contributed by atoms with Gasteiger partial charge in [0.1, 0.15) is 0 Å². The van der Waals surface area contributed by atoms with Crippen LogP contribution in [0.2, 0.25) is 5.02 Å². The summed E-state index contributed by atoms with van der Waals surface area (Å²) >= 11 is 5.95. The quantitative estimate of drug-likeness (QED) is 0.677. The minimum Gasteiger partial charge on any atom is -0.0843 e. The molecule has 1 aliphatic rings. The zero-order valence-electron chi connectivity index (χ0n) is 10.4. The van der Waals surface area contributed by atoms with Crippen LogP contribution in [0.15, 0.2) is 48.0 Å². The lowest BCUT2D eigenvalue weighted by Crippen LogP contribution is -1.89. The third kappa shape index (κ3) is 1.97. The molecule has 90 valence electrons. The largest absolute Gasteiger partial charge is 0.0843 e. The molecule has 0 saturated carbocycles. The first kappa shape index (κ1) is 11.6. The van der Waals surface area contributed by atoms with E-state index in [2.05, 4.69) is 43.3 Å². The second-order valence-corrected chi connectivity index (χ2v) is 5.15. The fraction of sp³-hybridized carbons (Fsp3) is 0.176. The molecule has 0 nitrogen and oxygen atoms in total. The van der Waals surface area contributed by atoms with Crippen LogP contribution in [0, 0.1) is 0 Å². The molecule has 0 radical (unpaired) electrons. The summed E-state index contributed by atoms with van der Waals surface area (Å²) in [6.07, 6.45) is 4.55. The van der Waals surface area contributed by atoms with E-state index in [9.17, 15) is 0 Å². The Bertz CT molecular complexity index is 606. The molecule has 3 rings (SSSR count). The summed E-state index contributed by atoms with van der Waals surface area (Å²) in [5.74, 6) is 0. The van der Waals surface area contributed by atoms with E-state index in [4.69, 9.17) is 11.6 Å². The van der Waals surface area contributed by atoms with E-state index >= 15 is 0 Å². The molecule has 18 heavy (non-hydrogen) atoms. The first-order valence-electron chi connectivity index (χ1n) is 6.35. The van der Waals surface area contributed by atoms with Gasteiger partial charge in [-0.2, -0.15) is 0 Å². The number of benzene rings is 2. The highest BCUT2D eigenvalue weighted by atomic mass is 35.5.